The summed E-state index contributed by atoms with van der Waals surface area (Å²) in [6, 6.07) is 11.1. The Bertz CT molecular complexity index is 1140. The average Bonchev–Trinajstić information content (AvgIpc) is 3.26. The van der Waals surface area contributed by atoms with Crippen molar-refractivity contribution in [1.29, 1.82) is 0 Å². The van der Waals surface area contributed by atoms with Gasteiger partial charge in [-0.25, -0.2) is 4.79 Å². The first kappa shape index (κ1) is 23.5. The third kappa shape index (κ3) is 4.69. The Hall–Kier alpha value is -2.67. The van der Waals surface area contributed by atoms with E-state index in [4.69, 9.17) is 4.74 Å². The maximum Gasteiger partial charge on any atom is 0.407 e. The van der Waals surface area contributed by atoms with Crippen LogP contribution in [0.15, 0.2) is 40.9 Å². The zero-order chi connectivity index (χ0) is 24.0. The van der Waals surface area contributed by atoms with E-state index in [-0.39, 0.29) is 12.2 Å². The minimum Gasteiger partial charge on any atom is -0.481 e. The third-order valence-corrected chi connectivity index (χ3v) is 7.03. The first-order valence-electron chi connectivity index (χ1n) is 11.2. The van der Waals surface area contributed by atoms with Crippen LogP contribution in [0.25, 0.3) is 11.1 Å². The van der Waals surface area contributed by atoms with Crippen molar-refractivity contribution >= 4 is 33.8 Å². The number of ketones is 1. The molecular formula is C26H28BrNO5. The molecule has 0 aromatic heterocycles. The summed E-state index contributed by atoms with van der Waals surface area (Å²) < 4.78 is 6.33. The Labute approximate surface area is 201 Å². The Morgan fingerprint density at radius 2 is 1.79 bits per heavy atom. The molecule has 2 unspecified atom stereocenters. The summed E-state index contributed by atoms with van der Waals surface area (Å²) in [7, 11) is 0. The Balaban J connectivity index is 1.55. The topological polar surface area (TPSA) is 92.7 Å². The van der Waals surface area contributed by atoms with Crippen LogP contribution in [-0.2, 0) is 16.0 Å². The molecule has 0 heterocycles. The summed E-state index contributed by atoms with van der Waals surface area (Å²) in [6.07, 6.45) is 1.35. The zero-order valence-electron chi connectivity index (χ0n) is 19.0. The largest absolute Gasteiger partial charge is 0.481 e. The third-order valence-electron chi connectivity index (χ3n) is 6.54. The molecule has 7 heteroatoms. The van der Waals surface area contributed by atoms with Crippen LogP contribution >= 0.6 is 15.9 Å². The van der Waals surface area contributed by atoms with Gasteiger partial charge < -0.3 is 15.2 Å². The van der Waals surface area contributed by atoms with Crippen LogP contribution in [0.4, 0.5) is 4.79 Å². The maximum absolute atomic E-state index is 13.3. The molecule has 2 aromatic carbocycles. The van der Waals surface area contributed by atoms with Crippen LogP contribution in [0.2, 0.25) is 0 Å². The van der Waals surface area contributed by atoms with E-state index < -0.39 is 29.1 Å². The Kier molecular flexibility index (Phi) is 6.12. The fourth-order valence-corrected chi connectivity index (χ4v) is 5.43. The van der Waals surface area contributed by atoms with E-state index in [2.05, 4.69) is 33.4 Å². The summed E-state index contributed by atoms with van der Waals surface area (Å²) in [6.45, 7) is 5.25. The average molecular weight is 514 g/mol. The van der Waals surface area contributed by atoms with Crippen LogP contribution < -0.4 is 5.32 Å². The fourth-order valence-electron chi connectivity index (χ4n) is 5.02. The van der Waals surface area contributed by atoms with Gasteiger partial charge in [0.2, 0.25) is 0 Å². The predicted octanol–water partition coefficient (Wildman–Crippen LogP) is 5.74. The van der Waals surface area contributed by atoms with Crippen molar-refractivity contribution in [3.8, 4) is 11.1 Å². The van der Waals surface area contributed by atoms with Gasteiger partial charge in [0.25, 0.3) is 0 Å². The summed E-state index contributed by atoms with van der Waals surface area (Å²) >= 11 is 3.51. The molecule has 1 fully saturated rings. The molecule has 2 aliphatic rings. The number of carboxylic acids is 1. The molecule has 2 N–H and O–H groups in total. The highest BCUT2D eigenvalue weighted by molar-refractivity contribution is 9.10. The molecule has 0 radical (unpaired) electrons. The van der Waals surface area contributed by atoms with E-state index in [1.807, 2.05) is 18.2 Å². The smallest absolute Gasteiger partial charge is 0.407 e. The molecule has 2 atom stereocenters. The molecule has 33 heavy (non-hydrogen) atoms. The molecule has 1 saturated carbocycles. The molecule has 1 amide bonds. The van der Waals surface area contributed by atoms with Gasteiger partial charge in [-0.1, -0.05) is 40.5 Å². The number of ether oxygens (including phenoxy) is 1. The van der Waals surface area contributed by atoms with Crippen molar-refractivity contribution < 1.29 is 24.2 Å². The van der Waals surface area contributed by atoms with Gasteiger partial charge in [0, 0.05) is 22.5 Å². The van der Waals surface area contributed by atoms with Gasteiger partial charge in [0.15, 0.2) is 5.78 Å². The summed E-state index contributed by atoms with van der Waals surface area (Å²) in [5.74, 6) is -1.29. The summed E-state index contributed by atoms with van der Waals surface area (Å²) in [4.78, 5) is 38.0. The van der Waals surface area contributed by atoms with Gasteiger partial charge in [-0.2, -0.15) is 0 Å². The number of fused-ring (bicyclic) bond motifs is 3. The first-order valence-corrected chi connectivity index (χ1v) is 12.0. The number of rotatable bonds is 5. The molecule has 2 aliphatic carbocycles. The van der Waals surface area contributed by atoms with E-state index in [0.29, 0.717) is 24.8 Å². The molecular weight excluding hydrogens is 486 g/mol. The van der Waals surface area contributed by atoms with Crippen molar-refractivity contribution in [3.63, 3.8) is 0 Å². The van der Waals surface area contributed by atoms with Gasteiger partial charge in [-0.15, -0.1) is 0 Å². The molecule has 2 aromatic rings. The van der Waals surface area contributed by atoms with Crippen LogP contribution in [0.1, 0.15) is 67.9 Å². The second kappa shape index (κ2) is 8.60. The van der Waals surface area contributed by atoms with E-state index in [9.17, 15) is 19.5 Å². The highest BCUT2D eigenvalue weighted by Crippen LogP contribution is 2.44. The van der Waals surface area contributed by atoms with Crippen molar-refractivity contribution in [1.82, 2.24) is 5.32 Å². The molecule has 0 spiro atoms. The highest BCUT2D eigenvalue weighted by Gasteiger charge is 2.51. The lowest BCUT2D eigenvalue weighted by Gasteiger charge is -2.32. The van der Waals surface area contributed by atoms with Crippen LogP contribution in [0.5, 0.6) is 0 Å². The predicted molar refractivity (Wildman–Crippen MR) is 128 cm³/mol. The van der Waals surface area contributed by atoms with Gasteiger partial charge in [0.1, 0.15) is 5.60 Å². The number of hydrogen-bond donors (Lipinski definition) is 2. The van der Waals surface area contributed by atoms with Crippen LogP contribution in [-0.4, -0.2) is 34.6 Å². The molecule has 0 aliphatic heterocycles. The molecule has 0 bridgehead atoms. The second-order valence-electron chi connectivity index (χ2n) is 10.0. The lowest BCUT2D eigenvalue weighted by atomic mass is 9.76. The normalized spacial score (nSPS) is 21.3. The van der Waals surface area contributed by atoms with Crippen molar-refractivity contribution in [2.24, 2.45) is 5.41 Å². The number of benzene rings is 2. The molecule has 174 valence electrons. The number of halogens is 1. The van der Waals surface area contributed by atoms with E-state index in [0.717, 1.165) is 27.6 Å². The van der Waals surface area contributed by atoms with Gasteiger partial charge in [0.05, 0.1) is 5.41 Å². The summed E-state index contributed by atoms with van der Waals surface area (Å²) in [5, 5.41) is 12.9. The monoisotopic (exact) mass is 513 g/mol. The lowest BCUT2D eigenvalue weighted by Crippen LogP contribution is -2.50. The van der Waals surface area contributed by atoms with Gasteiger partial charge in [-0.3, -0.25) is 9.59 Å². The van der Waals surface area contributed by atoms with E-state index in [1.165, 1.54) is 5.56 Å². The SMILES string of the molecule is CC(C)(C)OC(=O)NC1CCCC1(CC(=O)c1ccc2c(c1)Cc1cc(Br)ccc1-2)C(=O)O. The lowest BCUT2D eigenvalue weighted by molar-refractivity contribution is -0.149. The summed E-state index contributed by atoms with van der Waals surface area (Å²) in [5.41, 5.74) is 2.99. The molecule has 0 saturated heterocycles. The molecule has 6 nitrogen and oxygen atoms in total. The number of carbonyl (C=O) groups is 3. The number of carboxylic acid groups (broad SMARTS) is 1. The van der Waals surface area contributed by atoms with Crippen LogP contribution in [0, 0.1) is 5.41 Å². The maximum atomic E-state index is 13.3. The van der Waals surface area contributed by atoms with Gasteiger partial charge >= 0.3 is 12.1 Å². The van der Waals surface area contributed by atoms with E-state index in [1.54, 1.807) is 26.8 Å². The van der Waals surface area contributed by atoms with Crippen molar-refractivity contribution in [3.05, 3.63) is 57.6 Å². The Morgan fingerprint density at radius 1 is 1.12 bits per heavy atom. The quantitative estimate of drug-likeness (QED) is 0.424. The van der Waals surface area contributed by atoms with E-state index >= 15 is 0 Å². The first-order chi connectivity index (χ1) is 15.5. The number of carbonyl (C=O) groups excluding carboxylic acids is 2. The number of alkyl carbamates (subject to hydrolysis) is 1. The molecule has 4 rings (SSSR count). The number of hydrogen-bond acceptors (Lipinski definition) is 4. The highest BCUT2D eigenvalue weighted by atomic mass is 79.9. The zero-order valence-corrected chi connectivity index (χ0v) is 20.6. The van der Waals surface area contributed by atoms with Crippen LogP contribution in [0.3, 0.4) is 0 Å². The second-order valence-corrected chi connectivity index (χ2v) is 10.9. The van der Waals surface area contributed by atoms with Crippen molar-refractivity contribution in [2.75, 3.05) is 0 Å². The standard InChI is InChI=1S/C26H28BrNO5/c1-25(2,3)33-24(32)28-22-5-4-10-26(22,23(30)31)14-21(29)15-6-8-19-16(11-15)12-17-13-18(27)7-9-20(17)19/h6-9,11,13,22H,4-5,10,12,14H2,1-3H3,(H,28,32)(H,30,31). The Morgan fingerprint density at radius 3 is 2.45 bits per heavy atom. The number of Topliss-reactive ketones (excluding diaryl/α,β-unsaturated/α-hetero) is 1. The van der Waals surface area contributed by atoms with Crippen molar-refractivity contribution in [2.45, 2.75) is 64.5 Å². The number of amides is 1. The minimum atomic E-state index is -1.35. The number of nitrogens with one attached hydrogen (secondary N) is 1. The minimum absolute atomic E-state index is 0.167. The number of aliphatic carboxylic acids is 1. The fraction of sp³-hybridized carbons (Fsp3) is 0.423. The van der Waals surface area contributed by atoms with Gasteiger partial charge in [-0.05, 0) is 80.5 Å².